The van der Waals surface area contributed by atoms with Crippen molar-refractivity contribution < 1.29 is 9.53 Å². The molecule has 0 bridgehead atoms. The third-order valence-corrected chi connectivity index (χ3v) is 4.04. The molecule has 27 heavy (non-hydrogen) atoms. The fraction of sp³-hybridized carbons (Fsp3) is 0.526. The smallest absolute Gasteiger partial charge is 0.413 e. The third kappa shape index (κ3) is 4.86. The molecule has 0 aromatic carbocycles. The van der Waals surface area contributed by atoms with Gasteiger partial charge in [0.15, 0.2) is 5.82 Å². The Hall–Kier alpha value is -3.31. The van der Waals surface area contributed by atoms with E-state index in [1.54, 1.807) is 20.8 Å². The van der Waals surface area contributed by atoms with Gasteiger partial charge in [-0.1, -0.05) is 0 Å². The van der Waals surface area contributed by atoms with Crippen LogP contribution < -0.4 is 10.2 Å². The molecule has 1 aliphatic heterocycles. The molecule has 0 radical (unpaired) electrons. The second-order valence-corrected chi connectivity index (χ2v) is 7.25. The molecule has 0 spiro atoms. The number of nitrogens with zero attached hydrogens (tertiary/aromatic N) is 5. The molecule has 0 aliphatic carbocycles. The summed E-state index contributed by atoms with van der Waals surface area (Å²) in [5.74, 6) is 0.407. The number of hydrogen-bond acceptors (Lipinski definition) is 7. The molecule has 1 saturated heterocycles. The molecule has 1 amide bonds. The Bertz CT molecular complexity index is 845. The molecule has 140 valence electrons. The van der Waals surface area contributed by atoms with Crippen LogP contribution >= 0.6 is 0 Å². The molecule has 1 aromatic heterocycles. The Morgan fingerprint density at radius 2 is 1.78 bits per heavy atom. The lowest BCUT2D eigenvalue weighted by atomic mass is 9.99. The first-order valence-corrected chi connectivity index (χ1v) is 8.79. The minimum atomic E-state index is -0.747. The molecule has 2 heterocycles. The second-order valence-electron chi connectivity index (χ2n) is 7.25. The summed E-state index contributed by atoms with van der Waals surface area (Å²) in [5, 5.41) is 30.9. The summed E-state index contributed by atoms with van der Waals surface area (Å²) in [6, 6.07) is 6.05. The van der Waals surface area contributed by atoms with Crippen molar-refractivity contribution in [3.05, 3.63) is 16.7 Å². The van der Waals surface area contributed by atoms with Gasteiger partial charge in [0.05, 0.1) is 12.5 Å². The number of rotatable bonds is 3. The van der Waals surface area contributed by atoms with Gasteiger partial charge in [-0.15, -0.1) is 0 Å². The number of carbonyl (C=O) groups is 1. The largest absolute Gasteiger partial charge is 0.444 e. The first kappa shape index (κ1) is 20.0. The molecule has 1 aliphatic rings. The van der Waals surface area contributed by atoms with Gasteiger partial charge < -0.3 is 9.64 Å². The van der Waals surface area contributed by atoms with Gasteiger partial charge in [-0.2, -0.15) is 15.8 Å². The zero-order chi connectivity index (χ0) is 20.0. The van der Waals surface area contributed by atoms with Gasteiger partial charge in [0, 0.05) is 18.7 Å². The van der Waals surface area contributed by atoms with Crippen molar-refractivity contribution in [3.63, 3.8) is 0 Å². The van der Waals surface area contributed by atoms with E-state index in [1.807, 2.05) is 17.0 Å². The van der Waals surface area contributed by atoms with Crippen LogP contribution in [0, 0.1) is 34.0 Å². The second kappa shape index (κ2) is 8.38. The van der Waals surface area contributed by atoms with Crippen molar-refractivity contribution in [3.8, 4) is 18.2 Å². The average Bonchev–Trinajstić information content (AvgIpc) is 2.61. The van der Waals surface area contributed by atoms with Crippen LogP contribution in [0.15, 0.2) is 0 Å². The molecule has 0 atom stereocenters. The van der Waals surface area contributed by atoms with Crippen LogP contribution in [0.1, 0.15) is 56.7 Å². The van der Waals surface area contributed by atoms with Crippen LogP contribution in [0.25, 0.3) is 0 Å². The normalized spacial score (nSPS) is 13.9. The predicted octanol–water partition coefficient (Wildman–Crippen LogP) is 3.23. The van der Waals surface area contributed by atoms with Crippen molar-refractivity contribution in [2.24, 2.45) is 0 Å². The predicted molar refractivity (Wildman–Crippen MR) is 98.9 cm³/mol. The summed E-state index contributed by atoms with van der Waals surface area (Å²) in [4.78, 5) is 18.6. The summed E-state index contributed by atoms with van der Waals surface area (Å²) in [5.41, 5.74) is -0.206. The van der Waals surface area contributed by atoms with E-state index in [4.69, 9.17) is 4.74 Å². The lowest BCUT2D eigenvalue weighted by Gasteiger charge is -2.29. The highest BCUT2D eigenvalue weighted by Crippen LogP contribution is 2.31. The lowest BCUT2D eigenvalue weighted by molar-refractivity contribution is 0.0635. The van der Waals surface area contributed by atoms with Crippen molar-refractivity contribution >= 4 is 17.7 Å². The van der Waals surface area contributed by atoms with Gasteiger partial charge in [-0.25, -0.2) is 9.78 Å². The number of piperidine rings is 1. The van der Waals surface area contributed by atoms with Crippen molar-refractivity contribution in [1.82, 2.24) is 4.98 Å². The van der Waals surface area contributed by atoms with E-state index in [2.05, 4.69) is 16.4 Å². The Balaban J connectivity index is 2.56. The quantitative estimate of drug-likeness (QED) is 0.870. The number of pyridine rings is 1. The monoisotopic (exact) mass is 366 g/mol. The molecule has 8 nitrogen and oxygen atoms in total. The Labute approximate surface area is 159 Å². The van der Waals surface area contributed by atoms with Gasteiger partial charge in [0.1, 0.15) is 34.7 Å². The number of nitrogens with one attached hydrogen (secondary N) is 1. The molecule has 1 aromatic rings. The first-order chi connectivity index (χ1) is 12.8. The van der Waals surface area contributed by atoms with Gasteiger partial charge >= 0.3 is 6.09 Å². The van der Waals surface area contributed by atoms with Crippen LogP contribution in [0.4, 0.5) is 16.4 Å². The molecule has 1 N–H and O–H groups in total. The highest BCUT2D eigenvalue weighted by atomic mass is 16.6. The highest BCUT2D eigenvalue weighted by molar-refractivity contribution is 5.87. The van der Waals surface area contributed by atoms with E-state index in [9.17, 15) is 20.6 Å². The fourth-order valence-corrected chi connectivity index (χ4v) is 2.94. The SMILES string of the molecule is CC(C)(C)OC(=O)Nc1nc(N2CCCCC2)c(C#N)c(CC#N)c1C#N. The fourth-order valence-electron chi connectivity index (χ4n) is 2.94. The highest BCUT2D eigenvalue weighted by Gasteiger charge is 2.26. The lowest BCUT2D eigenvalue weighted by Crippen LogP contribution is -2.32. The summed E-state index contributed by atoms with van der Waals surface area (Å²) in [6.45, 7) is 6.63. The number of carbonyl (C=O) groups excluding carboxylic acids is 1. The van der Waals surface area contributed by atoms with E-state index in [-0.39, 0.29) is 28.9 Å². The summed E-state index contributed by atoms with van der Waals surface area (Å²) in [6.07, 6.45) is 2.16. The molecular formula is C19H22N6O2. The standard InChI is InChI=1S/C19H22N6O2/c1-19(2,3)27-18(26)24-16-14(11-21)13(7-8-20)15(12-22)17(23-16)25-9-5-4-6-10-25/h4-7,9-10H2,1-3H3,(H,23,24,26). The molecular weight excluding hydrogens is 344 g/mol. The minimum Gasteiger partial charge on any atom is -0.444 e. The molecule has 8 heteroatoms. The molecule has 1 fully saturated rings. The van der Waals surface area contributed by atoms with Crippen molar-refractivity contribution in [1.29, 1.82) is 15.8 Å². The minimum absolute atomic E-state index is 0.0107. The Morgan fingerprint density at radius 1 is 1.15 bits per heavy atom. The van der Waals surface area contributed by atoms with Crippen molar-refractivity contribution in [2.45, 2.75) is 52.1 Å². The zero-order valence-electron chi connectivity index (χ0n) is 15.8. The number of ether oxygens (including phenoxy) is 1. The van der Waals surface area contributed by atoms with E-state index < -0.39 is 11.7 Å². The van der Waals surface area contributed by atoms with E-state index in [0.29, 0.717) is 5.82 Å². The van der Waals surface area contributed by atoms with Crippen LogP contribution in [0.3, 0.4) is 0 Å². The topological polar surface area (TPSA) is 126 Å². The van der Waals surface area contributed by atoms with Gasteiger partial charge in [-0.3, -0.25) is 5.32 Å². The van der Waals surface area contributed by atoms with Crippen LogP contribution in [0.2, 0.25) is 0 Å². The zero-order valence-corrected chi connectivity index (χ0v) is 15.8. The Kier molecular flexibility index (Phi) is 6.21. The molecule has 0 saturated carbocycles. The van der Waals surface area contributed by atoms with Crippen molar-refractivity contribution in [2.75, 3.05) is 23.3 Å². The van der Waals surface area contributed by atoms with Gasteiger partial charge in [-0.05, 0) is 40.0 Å². The van der Waals surface area contributed by atoms with Gasteiger partial charge in [0.2, 0.25) is 0 Å². The maximum atomic E-state index is 12.2. The van der Waals surface area contributed by atoms with Crippen LogP contribution in [-0.4, -0.2) is 29.8 Å². The van der Waals surface area contributed by atoms with E-state index >= 15 is 0 Å². The maximum Gasteiger partial charge on any atom is 0.413 e. The summed E-state index contributed by atoms with van der Waals surface area (Å²) in [7, 11) is 0. The van der Waals surface area contributed by atoms with Gasteiger partial charge in [0.25, 0.3) is 0 Å². The van der Waals surface area contributed by atoms with Crippen LogP contribution in [-0.2, 0) is 11.2 Å². The number of anilines is 2. The van der Waals surface area contributed by atoms with E-state index in [0.717, 1.165) is 32.4 Å². The number of hydrogen-bond donors (Lipinski definition) is 1. The number of aromatic nitrogens is 1. The average molecular weight is 366 g/mol. The first-order valence-electron chi connectivity index (χ1n) is 8.79. The molecule has 2 rings (SSSR count). The summed E-state index contributed by atoms with van der Waals surface area (Å²) < 4.78 is 5.24. The molecule has 0 unspecified atom stereocenters. The number of nitriles is 3. The summed E-state index contributed by atoms with van der Waals surface area (Å²) >= 11 is 0. The Morgan fingerprint density at radius 3 is 2.30 bits per heavy atom. The van der Waals surface area contributed by atoms with Crippen LogP contribution in [0.5, 0.6) is 0 Å². The maximum absolute atomic E-state index is 12.2. The number of amides is 1. The van der Waals surface area contributed by atoms with E-state index in [1.165, 1.54) is 0 Å². The third-order valence-electron chi connectivity index (χ3n) is 4.04.